The molecule has 0 saturated carbocycles. The number of fused-ring (bicyclic) bond motifs is 1. The molecular formula is C23H20O10. The summed E-state index contributed by atoms with van der Waals surface area (Å²) < 4.78 is 11.5. The van der Waals surface area contributed by atoms with Gasteiger partial charge >= 0.3 is 5.97 Å². The predicted octanol–water partition coefficient (Wildman–Crippen LogP) is 2.84. The van der Waals surface area contributed by atoms with Crippen molar-refractivity contribution in [1.82, 2.24) is 0 Å². The van der Waals surface area contributed by atoms with Gasteiger partial charge in [-0.2, -0.15) is 0 Å². The number of carbonyl (C=O) groups is 1. The van der Waals surface area contributed by atoms with E-state index in [1.54, 1.807) is 6.92 Å². The number of phenolic OH excluding ortho intramolecular Hbond substituents is 7. The molecule has 3 aromatic rings. The van der Waals surface area contributed by atoms with Crippen molar-refractivity contribution in [2.24, 2.45) is 0 Å². The quantitative estimate of drug-likeness (QED) is 0.229. The number of rotatable bonds is 3. The van der Waals surface area contributed by atoms with E-state index in [0.717, 1.165) is 18.2 Å². The fraction of sp³-hybridized carbons (Fsp3) is 0.174. The first-order valence-electron chi connectivity index (χ1n) is 9.75. The Kier molecular flexibility index (Phi) is 5.21. The number of hydrogen-bond donors (Lipinski definition) is 7. The third-order valence-electron chi connectivity index (χ3n) is 5.36. The molecule has 1 aliphatic rings. The number of aromatic hydroxyl groups is 7. The van der Waals surface area contributed by atoms with Crippen LogP contribution in [0, 0.1) is 6.92 Å². The highest BCUT2D eigenvalue weighted by Gasteiger charge is 2.37. The summed E-state index contributed by atoms with van der Waals surface area (Å²) in [6.07, 6.45) is -2.14. The highest BCUT2D eigenvalue weighted by atomic mass is 16.6. The molecule has 3 aromatic carbocycles. The minimum Gasteiger partial charge on any atom is -0.508 e. The summed E-state index contributed by atoms with van der Waals surface area (Å²) >= 11 is 0. The molecule has 7 N–H and O–H groups in total. The van der Waals surface area contributed by atoms with Gasteiger partial charge in [0.1, 0.15) is 23.4 Å². The summed E-state index contributed by atoms with van der Waals surface area (Å²) in [5.74, 6) is -4.36. The maximum absolute atomic E-state index is 12.8. The highest BCUT2D eigenvalue weighted by Crippen LogP contribution is 2.45. The molecule has 0 radical (unpaired) electrons. The lowest BCUT2D eigenvalue weighted by Gasteiger charge is -2.34. The molecular weight excluding hydrogens is 436 g/mol. The van der Waals surface area contributed by atoms with E-state index in [2.05, 4.69) is 0 Å². The summed E-state index contributed by atoms with van der Waals surface area (Å²) in [5.41, 5.74) is 0.673. The third kappa shape index (κ3) is 3.93. The molecule has 172 valence electrons. The number of hydrogen-bond acceptors (Lipinski definition) is 10. The van der Waals surface area contributed by atoms with Crippen molar-refractivity contribution in [1.29, 1.82) is 0 Å². The van der Waals surface area contributed by atoms with Crippen molar-refractivity contribution < 1.29 is 50.0 Å². The summed E-state index contributed by atoms with van der Waals surface area (Å²) in [5, 5.41) is 68.9. The Morgan fingerprint density at radius 1 is 0.848 bits per heavy atom. The lowest BCUT2D eigenvalue weighted by molar-refractivity contribution is -0.0189. The van der Waals surface area contributed by atoms with Crippen molar-refractivity contribution in [3.8, 4) is 46.0 Å². The lowest BCUT2D eigenvalue weighted by atomic mass is 9.92. The standard InChI is InChI=1S/C23H20O10/c1-9-2-10(3-15(26)20(9)29)22-19(8-13-14(25)6-12(24)7-18(13)32-22)33-23(31)11-4-16(27)21(30)17(28)5-11/h2-7,19,22,24-30H,8H2,1H3/t19?,22-/m0/s1. The van der Waals surface area contributed by atoms with E-state index in [1.165, 1.54) is 18.2 Å². The van der Waals surface area contributed by atoms with Gasteiger partial charge in [-0.25, -0.2) is 4.79 Å². The molecule has 4 rings (SSSR count). The van der Waals surface area contributed by atoms with E-state index in [1.807, 2.05) is 0 Å². The average Bonchev–Trinajstić information content (AvgIpc) is 2.75. The van der Waals surface area contributed by atoms with Crippen LogP contribution >= 0.6 is 0 Å². The van der Waals surface area contributed by atoms with Gasteiger partial charge in [0.15, 0.2) is 34.9 Å². The minimum absolute atomic E-state index is 0.0470. The number of aryl methyl sites for hydroxylation is 1. The fourth-order valence-corrected chi connectivity index (χ4v) is 3.71. The monoisotopic (exact) mass is 456 g/mol. The van der Waals surface area contributed by atoms with Crippen LogP contribution in [0.5, 0.6) is 46.0 Å². The Hall–Kier alpha value is -4.47. The van der Waals surface area contributed by atoms with Crippen LogP contribution in [-0.2, 0) is 11.2 Å². The van der Waals surface area contributed by atoms with Gasteiger partial charge < -0.3 is 45.2 Å². The average molecular weight is 456 g/mol. The van der Waals surface area contributed by atoms with E-state index in [-0.39, 0.29) is 40.5 Å². The van der Waals surface area contributed by atoms with E-state index in [4.69, 9.17) is 9.47 Å². The molecule has 1 unspecified atom stereocenters. The molecule has 33 heavy (non-hydrogen) atoms. The topological polar surface area (TPSA) is 177 Å². The largest absolute Gasteiger partial charge is 0.508 e. The lowest BCUT2D eigenvalue weighted by Crippen LogP contribution is -2.34. The van der Waals surface area contributed by atoms with Crippen LogP contribution in [0.1, 0.15) is 33.2 Å². The fourth-order valence-electron chi connectivity index (χ4n) is 3.71. The third-order valence-corrected chi connectivity index (χ3v) is 5.36. The van der Waals surface area contributed by atoms with Gasteiger partial charge in [0.05, 0.1) is 5.56 Å². The molecule has 1 heterocycles. The number of ether oxygens (including phenoxy) is 2. The van der Waals surface area contributed by atoms with Crippen molar-refractivity contribution >= 4 is 5.97 Å². The number of carbonyl (C=O) groups excluding carboxylic acids is 1. The SMILES string of the molecule is Cc1cc([C@@H]2Oc3cc(O)cc(O)c3CC2OC(=O)c2cc(O)c(O)c(O)c2)cc(O)c1O. The van der Waals surface area contributed by atoms with Crippen LogP contribution in [0.4, 0.5) is 0 Å². The molecule has 10 heteroatoms. The van der Waals surface area contributed by atoms with Crippen LogP contribution in [-0.4, -0.2) is 47.8 Å². The number of esters is 1. The minimum atomic E-state index is -1.07. The normalized spacial score (nSPS) is 17.1. The van der Waals surface area contributed by atoms with Gasteiger partial charge in [-0.3, -0.25) is 0 Å². The van der Waals surface area contributed by atoms with Crippen LogP contribution in [0.15, 0.2) is 36.4 Å². The smallest absolute Gasteiger partial charge is 0.338 e. The molecule has 0 saturated heterocycles. The van der Waals surface area contributed by atoms with Crippen LogP contribution in [0.25, 0.3) is 0 Å². The zero-order valence-corrected chi connectivity index (χ0v) is 17.2. The zero-order chi connectivity index (χ0) is 24.0. The van der Waals surface area contributed by atoms with E-state index >= 15 is 0 Å². The van der Waals surface area contributed by atoms with Gasteiger partial charge in [-0.15, -0.1) is 0 Å². The number of benzene rings is 3. The van der Waals surface area contributed by atoms with Gasteiger partial charge in [0.2, 0.25) is 0 Å². The molecule has 0 fully saturated rings. The molecule has 0 spiro atoms. The van der Waals surface area contributed by atoms with Crippen LogP contribution in [0.3, 0.4) is 0 Å². The highest BCUT2D eigenvalue weighted by molar-refractivity contribution is 5.91. The van der Waals surface area contributed by atoms with Gasteiger partial charge in [-0.05, 0) is 36.8 Å². The summed E-state index contributed by atoms with van der Waals surface area (Å²) in [7, 11) is 0. The first kappa shape index (κ1) is 21.8. The molecule has 0 aliphatic carbocycles. The Labute approximate surface area is 186 Å². The van der Waals surface area contributed by atoms with Crippen LogP contribution < -0.4 is 4.74 Å². The maximum atomic E-state index is 12.8. The Bertz CT molecular complexity index is 1220. The summed E-state index contributed by atoms with van der Waals surface area (Å²) in [4.78, 5) is 12.8. The first-order chi connectivity index (χ1) is 15.5. The van der Waals surface area contributed by atoms with E-state index in [9.17, 15) is 40.5 Å². The van der Waals surface area contributed by atoms with Crippen molar-refractivity contribution in [3.05, 3.63) is 58.7 Å². The first-order valence-corrected chi connectivity index (χ1v) is 9.75. The Morgan fingerprint density at radius 2 is 1.48 bits per heavy atom. The van der Waals surface area contributed by atoms with Crippen LogP contribution in [0.2, 0.25) is 0 Å². The van der Waals surface area contributed by atoms with E-state index < -0.39 is 41.2 Å². The second-order valence-electron chi connectivity index (χ2n) is 7.70. The molecule has 0 aromatic heterocycles. The van der Waals surface area contributed by atoms with Crippen molar-refractivity contribution in [2.45, 2.75) is 25.6 Å². The second-order valence-corrected chi connectivity index (χ2v) is 7.70. The maximum Gasteiger partial charge on any atom is 0.338 e. The zero-order valence-electron chi connectivity index (χ0n) is 17.2. The molecule has 2 atom stereocenters. The number of phenols is 7. The van der Waals surface area contributed by atoms with Crippen molar-refractivity contribution in [2.75, 3.05) is 0 Å². The van der Waals surface area contributed by atoms with Gasteiger partial charge in [-0.1, -0.05) is 0 Å². The molecule has 10 nitrogen and oxygen atoms in total. The predicted molar refractivity (Wildman–Crippen MR) is 112 cm³/mol. The molecule has 0 bridgehead atoms. The Morgan fingerprint density at radius 3 is 2.12 bits per heavy atom. The second kappa shape index (κ2) is 7.90. The van der Waals surface area contributed by atoms with Crippen molar-refractivity contribution in [3.63, 3.8) is 0 Å². The molecule has 0 amide bonds. The summed E-state index contributed by atoms with van der Waals surface area (Å²) in [6.45, 7) is 1.55. The summed E-state index contributed by atoms with van der Waals surface area (Å²) in [6, 6.07) is 6.97. The van der Waals surface area contributed by atoms with E-state index in [0.29, 0.717) is 11.1 Å². The Balaban J connectivity index is 1.75. The van der Waals surface area contributed by atoms with Gasteiger partial charge in [0, 0.05) is 29.7 Å². The molecule has 1 aliphatic heterocycles. The van der Waals surface area contributed by atoms with Gasteiger partial charge in [0.25, 0.3) is 0 Å².